The molecule has 2 rings (SSSR count). The number of hydrogen-bond acceptors (Lipinski definition) is 4. The van der Waals surface area contributed by atoms with Crippen LogP contribution >= 0.6 is 0 Å². The molecule has 0 bridgehead atoms. The van der Waals surface area contributed by atoms with E-state index in [0.29, 0.717) is 13.0 Å². The number of nitrogens with one attached hydrogen (secondary N) is 2. The monoisotopic (exact) mass is 459 g/mol. The molecule has 3 N–H and O–H groups in total. The Kier molecular flexibility index (Phi) is 11.4. The van der Waals surface area contributed by atoms with Crippen molar-refractivity contribution in [2.75, 3.05) is 26.2 Å². The molecule has 184 valence electrons. The third kappa shape index (κ3) is 9.54. The summed E-state index contributed by atoms with van der Waals surface area (Å²) in [6, 6.07) is 8.96. The maximum atomic E-state index is 13.0. The molecule has 33 heavy (non-hydrogen) atoms. The van der Waals surface area contributed by atoms with Gasteiger partial charge in [-0.2, -0.15) is 0 Å². The van der Waals surface area contributed by atoms with Crippen LogP contribution in [0.2, 0.25) is 0 Å². The van der Waals surface area contributed by atoms with Crippen LogP contribution in [0.1, 0.15) is 70.8 Å². The van der Waals surface area contributed by atoms with Gasteiger partial charge in [-0.1, -0.05) is 57.0 Å². The minimum absolute atomic E-state index is 0.00249. The molecule has 2 amide bonds. The van der Waals surface area contributed by atoms with E-state index in [1.165, 1.54) is 0 Å². The Hall–Kier alpha value is -2.41. The number of aliphatic carboxylic acids is 1. The zero-order valence-electron chi connectivity index (χ0n) is 20.3. The summed E-state index contributed by atoms with van der Waals surface area (Å²) < 4.78 is 0. The van der Waals surface area contributed by atoms with Gasteiger partial charge in [0.1, 0.15) is 6.04 Å². The molecule has 0 heterocycles. The van der Waals surface area contributed by atoms with E-state index in [2.05, 4.69) is 29.4 Å². The maximum absolute atomic E-state index is 13.0. The van der Waals surface area contributed by atoms with Crippen LogP contribution in [-0.2, 0) is 20.8 Å². The van der Waals surface area contributed by atoms with E-state index in [9.17, 15) is 19.5 Å². The van der Waals surface area contributed by atoms with E-state index in [0.717, 1.165) is 63.7 Å². The van der Waals surface area contributed by atoms with Gasteiger partial charge in [-0.15, -0.1) is 0 Å². The molecule has 7 heteroatoms. The molecule has 1 aliphatic carbocycles. The summed E-state index contributed by atoms with van der Waals surface area (Å²) in [7, 11) is 0. The fourth-order valence-electron chi connectivity index (χ4n) is 4.84. The normalized spacial score (nSPS) is 15.8. The predicted molar refractivity (Wildman–Crippen MR) is 130 cm³/mol. The van der Waals surface area contributed by atoms with Crippen LogP contribution in [0, 0.1) is 5.41 Å². The lowest BCUT2D eigenvalue weighted by molar-refractivity contribution is -0.140. The molecule has 1 atom stereocenters. The highest BCUT2D eigenvalue weighted by atomic mass is 16.4. The van der Waals surface area contributed by atoms with Crippen molar-refractivity contribution in [2.24, 2.45) is 5.41 Å². The molecule has 0 spiro atoms. The van der Waals surface area contributed by atoms with Crippen LogP contribution in [0.25, 0.3) is 0 Å². The number of carboxylic acid groups (broad SMARTS) is 1. The second kappa shape index (κ2) is 14.0. The van der Waals surface area contributed by atoms with E-state index in [1.807, 2.05) is 30.3 Å². The molecule has 0 unspecified atom stereocenters. The minimum atomic E-state index is -0.868. The number of nitrogens with zero attached hydrogens (tertiary/aromatic N) is 1. The van der Waals surface area contributed by atoms with Gasteiger partial charge in [-0.3, -0.25) is 14.4 Å². The fourth-order valence-corrected chi connectivity index (χ4v) is 4.84. The second-order valence-corrected chi connectivity index (χ2v) is 9.29. The number of rotatable bonds is 15. The summed E-state index contributed by atoms with van der Waals surface area (Å²) in [4.78, 5) is 39.6. The Morgan fingerprint density at radius 2 is 1.70 bits per heavy atom. The maximum Gasteiger partial charge on any atom is 0.303 e. The van der Waals surface area contributed by atoms with Crippen LogP contribution in [-0.4, -0.2) is 60.0 Å². The molecule has 0 saturated heterocycles. The number of unbranched alkanes of at least 4 members (excludes halogenated alkanes) is 1. The van der Waals surface area contributed by atoms with Crippen molar-refractivity contribution in [3.63, 3.8) is 0 Å². The molecular formula is C26H41N3O4. The Morgan fingerprint density at radius 1 is 1.03 bits per heavy atom. The molecule has 1 aliphatic rings. The number of carbonyl (C=O) groups is 3. The zero-order chi connectivity index (χ0) is 24.1. The lowest BCUT2D eigenvalue weighted by Crippen LogP contribution is -2.49. The van der Waals surface area contributed by atoms with E-state index in [4.69, 9.17) is 0 Å². The molecule has 1 saturated carbocycles. The van der Waals surface area contributed by atoms with Crippen LogP contribution in [0.4, 0.5) is 0 Å². The van der Waals surface area contributed by atoms with E-state index in [1.54, 1.807) is 0 Å². The largest absolute Gasteiger partial charge is 0.481 e. The Balaban J connectivity index is 1.94. The highest BCUT2D eigenvalue weighted by Crippen LogP contribution is 2.44. The fraction of sp³-hybridized carbons (Fsp3) is 0.654. The molecule has 1 aromatic rings. The van der Waals surface area contributed by atoms with Crippen molar-refractivity contribution in [1.29, 1.82) is 0 Å². The van der Waals surface area contributed by atoms with E-state index in [-0.39, 0.29) is 24.7 Å². The first-order valence-electron chi connectivity index (χ1n) is 12.4. The first-order chi connectivity index (χ1) is 15.9. The summed E-state index contributed by atoms with van der Waals surface area (Å²) in [6.45, 7) is 7.93. The lowest BCUT2D eigenvalue weighted by atomic mass is 9.79. The quantitative estimate of drug-likeness (QED) is 0.349. The third-order valence-electron chi connectivity index (χ3n) is 6.76. The van der Waals surface area contributed by atoms with Crippen LogP contribution in [0.15, 0.2) is 30.3 Å². The van der Waals surface area contributed by atoms with Crippen LogP contribution in [0.5, 0.6) is 0 Å². The van der Waals surface area contributed by atoms with Gasteiger partial charge in [0.2, 0.25) is 11.8 Å². The van der Waals surface area contributed by atoms with Crippen molar-refractivity contribution in [3.8, 4) is 0 Å². The van der Waals surface area contributed by atoms with Gasteiger partial charge in [-0.25, -0.2) is 0 Å². The van der Waals surface area contributed by atoms with Gasteiger partial charge in [0.15, 0.2) is 0 Å². The Labute approximate surface area is 198 Å². The first kappa shape index (κ1) is 26.8. The van der Waals surface area contributed by atoms with E-state index >= 15 is 0 Å². The average Bonchev–Trinajstić information content (AvgIpc) is 3.23. The molecule has 0 aliphatic heterocycles. The van der Waals surface area contributed by atoms with Crippen molar-refractivity contribution < 1.29 is 19.5 Å². The third-order valence-corrected chi connectivity index (χ3v) is 6.76. The van der Waals surface area contributed by atoms with Gasteiger partial charge in [-0.05, 0) is 56.3 Å². The number of amides is 2. The van der Waals surface area contributed by atoms with Gasteiger partial charge >= 0.3 is 5.97 Å². The van der Waals surface area contributed by atoms with Crippen LogP contribution in [0.3, 0.4) is 0 Å². The standard InChI is InChI=1S/C26H41N3O4/c1-3-29(4-2)17-11-10-16-27-25(33)22(18-21-12-6-5-7-13-21)28-23(30)19-26(20-24(31)32)14-8-9-15-26/h5-7,12-13,22H,3-4,8-11,14-20H2,1-2H3,(H,27,33)(H,28,30)(H,31,32)/t22-/m1/s1. The van der Waals surface area contributed by atoms with Crippen LogP contribution < -0.4 is 10.6 Å². The lowest BCUT2D eigenvalue weighted by Gasteiger charge is -2.27. The molecule has 0 aromatic heterocycles. The summed E-state index contributed by atoms with van der Waals surface area (Å²) >= 11 is 0. The number of carbonyl (C=O) groups excluding carboxylic acids is 2. The highest BCUT2D eigenvalue weighted by molar-refractivity contribution is 5.88. The van der Waals surface area contributed by atoms with Gasteiger partial charge in [0.25, 0.3) is 0 Å². The molecule has 1 aromatic carbocycles. The van der Waals surface area contributed by atoms with Crippen molar-refractivity contribution >= 4 is 17.8 Å². The summed E-state index contributed by atoms with van der Waals surface area (Å²) in [5.74, 6) is -1.29. The summed E-state index contributed by atoms with van der Waals surface area (Å²) in [6.07, 6.45) is 5.84. The SMILES string of the molecule is CCN(CC)CCCCNC(=O)[C@@H](Cc1ccccc1)NC(=O)CC1(CC(=O)O)CCCC1. The first-order valence-corrected chi connectivity index (χ1v) is 12.4. The van der Waals surface area contributed by atoms with E-state index < -0.39 is 17.4 Å². The second-order valence-electron chi connectivity index (χ2n) is 9.29. The summed E-state index contributed by atoms with van der Waals surface area (Å²) in [5, 5.41) is 15.2. The minimum Gasteiger partial charge on any atom is -0.481 e. The van der Waals surface area contributed by atoms with Crippen molar-refractivity contribution in [1.82, 2.24) is 15.5 Å². The number of hydrogen-bond donors (Lipinski definition) is 3. The molecular weight excluding hydrogens is 418 g/mol. The molecule has 1 fully saturated rings. The highest BCUT2D eigenvalue weighted by Gasteiger charge is 2.38. The molecule has 7 nitrogen and oxygen atoms in total. The van der Waals surface area contributed by atoms with Gasteiger partial charge < -0.3 is 20.6 Å². The smallest absolute Gasteiger partial charge is 0.303 e. The Bertz CT molecular complexity index is 743. The average molecular weight is 460 g/mol. The zero-order valence-corrected chi connectivity index (χ0v) is 20.3. The Morgan fingerprint density at radius 3 is 2.30 bits per heavy atom. The van der Waals surface area contributed by atoms with Gasteiger partial charge in [0.05, 0.1) is 6.42 Å². The summed E-state index contributed by atoms with van der Waals surface area (Å²) in [5.41, 5.74) is 0.481. The predicted octanol–water partition coefficient (Wildman–Crippen LogP) is 3.38. The van der Waals surface area contributed by atoms with Crippen molar-refractivity contribution in [3.05, 3.63) is 35.9 Å². The van der Waals surface area contributed by atoms with Crippen molar-refractivity contribution in [2.45, 2.75) is 77.7 Å². The molecule has 0 radical (unpaired) electrons. The number of benzene rings is 1. The number of carboxylic acids is 1. The van der Waals surface area contributed by atoms with Gasteiger partial charge in [0, 0.05) is 19.4 Å². The topological polar surface area (TPSA) is 98.7 Å².